The molecule has 7 heteroatoms. The van der Waals surface area contributed by atoms with Gasteiger partial charge in [-0.15, -0.1) is 0 Å². The van der Waals surface area contributed by atoms with Gasteiger partial charge in [0.25, 0.3) is 11.8 Å². The zero-order chi connectivity index (χ0) is 22.2. The van der Waals surface area contributed by atoms with E-state index in [1.807, 2.05) is 26.0 Å². The lowest BCUT2D eigenvalue weighted by molar-refractivity contribution is 0.0954. The van der Waals surface area contributed by atoms with E-state index in [4.69, 9.17) is 4.74 Å². The van der Waals surface area contributed by atoms with Crippen LogP contribution in [0.1, 0.15) is 38.8 Å². The average Bonchev–Trinajstić information content (AvgIpc) is 2.76. The van der Waals surface area contributed by atoms with E-state index >= 15 is 0 Å². The fraction of sp³-hybridized carbons (Fsp3) is 0.125. The van der Waals surface area contributed by atoms with E-state index in [9.17, 15) is 14.7 Å². The molecule has 158 valence electrons. The molecule has 0 saturated heterocycles. The highest BCUT2D eigenvalue weighted by Gasteiger charge is 2.08. The van der Waals surface area contributed by atoms with Gasteiger partial charge in [0.2, 0.25) is 0 Å². The Hall–Kier alpha value is -4.13. The predicted octanol–water partition coefficient (Wildman–Crippen LogP) is 4.12. The highest BCUT2D eigenvalue weighted by Crippen LogP contribution is 2.26. The predicted molar refractivity (Wildman–Crippen MR) is 120 cm³/mol. The second kappa shape index (κ2) is 10.1. The second-order valence-corrected chi connectivity index (χ2v) is 6.76. The summed E-state index contributed by atoms with van der Waals surface area (Å²) < 4.78 is 5.32. The Kier molecular flexibility index (Phi) is 7.01. The highest BCUT2D eigenvalue weighted by atomic mass is 16.5. The van der Waals surface area contributed by atoms with Gasteiger partial charge in [0, 0.05) is 16.8 Å². The van der Waals surface area contributed by atoms with Crippen LogP contribution in [0.15, 0.2) is 71.8 Å². The van der Waals surface area contributed by atoms with Crippen LogP contribution in [0.5, 0.6) is 11.5 Å². The third-order valence-electron chi connectivity index (χ3n) is 4.35. The van der Waals surface area contributed by atoms with Crippen LogP contribution in [0.4, 0.5) is 5.69 Å². The first kappa shape index (κ1) is 21.6. The number of aryl methyl sites for hydroxylation is 1. The highest BCUT2D eigenvalue weighted by molar-refractivity contribution is 6.04. The third kappa shape index (κ3) is 5.93. The number of nitrogens with one attached hydrogen (secondary N) is 2. The summed E-state index contributed by atoms with van der Waals surface area (Å²) >= 11 is 0. The first-order chi connectivity index (χ1) is 15.0. The summed E-state index contributed by atoms with van der Waals surface area (Å²) in [5.41, 5.74) is 5.65. The average molecular weight is 417 g/mol. The molecule has 0 unspecified atom stereocenters. The van der Waals surface area contributed by atoms with E-state index in [2.05, 4.69) is 15.8 Å². The molecule has 3 aromatic rings. The molecule has 2 amide bonds. The van der Waals surface area contributed by atoms with Crippen molar-refractivity contribution < 1.29 is 19.4 Å². The van der Waals surface area contributed by atoms with E-state index < -0.39 is 5.91 Å². The van der Waals surface area contributed by atoms with Gasteiger partial charge in [-0.1, -0.05) is 17.7 Å². The maximum Gasteiger partial charge on any atom is 0.271 e. The van der Waals surface area contributed by atoms with Crippen molar-refractivity contribution in [2.45, 2.75) is 13.8 Å². The lowest BCUT2D eigenvalue weighted by Gasteiger charge is -2.07. The molecular formula is C24H23N3O4. The van der Waals surface area contributed by atoms with Gasteiger partial charge in [0.1, 0.15) is 0 Å². The molecule has 3 aromatic carbocycles. The smallest absolute Gasteiger partial charge is 0.271 e. The number of phenols is 1. The van der Waals surface area contributed by atoms with Crippen LogP contribution in [-0.2, 0) is 0 Å². The summed E-state index contributed by atoms with van der Waals surface area (Å²) in [7, 11) is 0. The normalized spacial score (nSPS) is 10.6. The Morgan fingerprint density at radius 2 is 1.77 bits per heavy atom. The Morgan fingerprint density at radius 3 is 2.48 bits per heavy atom. The topological polar surface area (TPSA) is 100 Å². The van der Waals surface area contributed by atoms with Crippen molar-refractivity contribution >= 4 is 23.7 Å². The molecule has 0 aliphatic rings. The number of hydrazone groups is 1. The number of carbonyl (C=O) groups is 2. The van der Waals surface area contributed by atoms with Crippen LogP contribution in [0.3, 0.4) is 0 Å². The SMILES string of the molecule is CCOc1cc(C=NNC(=O)c2ccc(NC(=O)c3cccc(C)c3)cc2)ccc1O. The van der Waals surface area contributed by atoms with Crippen LogP contribution in [0.2, 0.25) is 0 Å². The minimum atomic E-state index is -0.392. The van der Waals surface area contributed by atoms with Crippen molar-refractivity contribution in [1.82, 2.24) is 5.43 Å². The number of rotatable bonds is 7. The first-order valence-electron chi connectivity index (χ1n) is 9.73. The Bertz CT molecular complexity index is 1110. The van der Waals surface area contributed by atoms with Gasteiger partial charge < -0.3 is 15.2 Å². The van der Waals surface area contributed by atoms with E-state index in [1.54, 1.807) is 48.5 Å². The molecule has 3 N–H and O–H groups in total. The van der Waals surface area contributed by atoms with Gasteiger partial charge in [0.05, 0.1) is 12.8 Å². The van der Waals surface area contributed by atoms with E-state index in [0.717, 1.165) is 5.56 Å². The number of phenolic OH excluding ortho intramolecular Hbond substituents is 1. The molecule has 31 heavy (non-hydrogen) atoms. The van der Waals surface area contributed by atoms with Crippen molar-refractivity contribution in [3.8, 4) is 11.5 Å². The summed E-state index contributed by atoms with van der Waals surface area (Å²) in [5, 5.41) is 16.5. The van der Waals surface area contributed by atoms with Crippen LogP contribution in [-0.4, -0.2) is 29.7 Å². The molecule has 3 rings (SSSR count). The fourth-order valence-corrected chi connectivity index (χ4v) is 2.81. The van der Waals surface area contributed by atoms with Crippen molar-refractivity contribution in [2.75, 3.05) is 11.9 Å². The number of ether oxygens (including phenoxy) is 1. The maximum absolute atomic E-state index is 12.3. The molecule has 7 nitrogen and oxygen atoms in total. The van der Waals surface area contributed by atoms with Gasteiger partial charge in [0.15, 0.2) is 11.5 Å². The molecule has 0 aromatic heterocycles. The largest absolute Gasteiger partial charge is 0.504 e. The Balaban J connectivity index is 1.58. The summed E-state index contributed by atoms with van der Waals surface area (Å²) in [6, 6.07) is 18.6. The number of aromatic hydroxyl groups is 1. The molecule has 0 spiro atoms. The molecular weight excluding hydrogens is 394 g/mol. The summed E-state index contributed by atoms with van der Waals surface area (Å²) in [6.07, 6.45) is 1.45. The molecule has 0 heterocycles. The number of carbonyl (C=O) groups excluding carboxylic acids is 2. The number of hydrogen-bond acceptors (Lipinski definition) is 5. The van der Waals surface area contributed by atoms with E-state index in [0.29, 0.717) is 34.7 Å². The van der Waals surface area contributed by atoms with Crippen LogP contribution >= 0.6 is 0 Å². The number of nitrogens with zero attached hydrogens (tertiary/aromatic N) is 1. The number of benzene rings is 3. The third-order valence-corrected chi connectivity index (χ3v) is 4.35. The maximum atomic E-state index is 12.3. The van der Waals surface area contributed by atoms with Gasteiger partial charge >= 0.3 is 0 Å². The van der Waals surface area contributed by atoms with Crippen LogP contribution in [0.25, 0.3) is 0 Å². The van der Waals surface area contributed by atoms with Gasteiger partial charge in [-0.25, -0.2) is 5.43 Å². The molecule has 0 aliphatic carbocycles. The molecule has 0 atom stereocenters. The van der Waals surface area contributed by atoms with Crippen molar-refractivity contribution in [1.29, 1.82) is 0 Å². The van der Waals surface area contributed by atoms with Crippen LogP contribution < -0.4 is 15.5 Å². The van der Waals surface area contributed by atoms with E-state index in [1.165, 1.54) is 12.3 Å². The summed E-state index contributed by atoms with van der Waals surface area (Å²) in [6.45, 7) is 4.16. The molecule has 0 aliphatic heterocycles. The molecule has 0 bridgehead atoms. The number of anilines is 1. The molecule has 0 saturated carbocycles. The second-order valence-electron chi connectivity index (χ2n) is 6.76. The zero-order valence-corrected chi connectivity index (χ0v) is 17.3. The lowest BCUT2D eigenvalue weighted by atomic mass is 10.1. The quantitative estimate of drug-likeness (QED) is 0.398. The standard InChI is InChI=1S/C24H23N3O4/c1-3-31-22-14-17(7-12-21(22)28)15-25-27-24(30)18-8-10-20(11-9-18)26-23(29)19-6-4-5-16(2)13-19/h4-15,28H,3H2,1-2H3,(H,26,29)(H,27,30). The summed E-state index contributed by atoms with van der Waals surface area (Å²) in [5.74, 6) is -0.221. The zero-order valence-electron chi connectivity index (χ0n) is 17.3. The van der Waals surface area contributed by atoms with E-state index in [-0.39, 0.29) is 11.7 Å². The minimum absolute atomic E-state index is 0.0395. The fourth-order valence-electron chi connectivity index (χ4n) is 2.81. The first-order valence-corrected chi connectivity index (χ1v) is 9.73. The van der Waals surface area contributed by atoms with Crippen LogP contribution in [0, 0.1) is 6.92 Å². The molecule has 0 fully saturated rings. The monoisotopic (exact) mass is 417 g/mol. The minimum Gasteiger partial charge on any atom is -0.504 e. The van der Waals surface area contributed by atoms with Crippen molar-refractivity contribution in [3.05, 3.63) is 89.0 Å². The number of amides is 2. The Morgan fingerprint density at radius 1 is 1.00 bits per heavy atom. The molecule has 0 radical (unpaired) electrons. The summed E-state index contributed by atoms with van der Waals surface area (Å²) in [4.78, 5) is 24.6. The van der Waals surface area contributed by atoms with Crippen molar-refractivity contribution in [2.24, 2.45) is 5.10 Å². The Labute approximate surface area is 180 Å². The number of hydrogen-bond donors (Lipinski definition) is 3. The van der Waals surface area contributed by atoms with Gasteiger partial charge in [-0.05, 0) is 74.0 Å². The van der Waals surface area contributed by atoms with Gasteiger partial charge in [-0.2, -0.15) is 5.10 Å². The van der Waals surface area contributed by atoms with Crippen molar-refractivity contribution in [3.63, 3.8) is 0 Å². The lowest BCUT2D eigenvalue weighted by Crippen LogP contribution is -2.18. The van der Waals surface area contributed by atoms with Gasteiger partial charge in [-0.3, -0.25) is 9.59 Å².